The molecule has 0 aromatic heterocycles. The van der Waals surface area contributed by atoms with E-state index >= 15 is 0 Å². The number of hydrogen-bond donors (Lipinski definition) is 1. The molecule has 0 bridgehead atoms. The van der Waals surface area contributed by atoms with Crippen molar-refractivity contribution in [2.75, 3.05) is 0 Å². The summed E-state index contributed by atoms with van der Waals surface area (Å²) >= 11 is 0. The van der Waals surface area contributed by atoms with Gasteiger partial charge in [-0.05, 0) is 54.5 Å². The smallest absolute Gasteiger partial charge is 0.243 e. The van der Waals surface area contributed by atoms with Crippen LogP contribution in [0.2, 0.25) is 0 Å². The van der Waals surface area contributed by atoms with Gasteiger partial charge in [-0.3, -0.25) is 9.59 Å². The van der Waals surface area contributed by atoms with Crippen LogP contribution < -0.4 is 5.32 Å². The molecule has 0 radical (unpaired) electrons. The summed E-state index contributed by atoms with van der Waals surface area (Å²) in [7, 11) is 0. The van der Waals surface area contributed by atoms with Gasteiger partial charge in [-0.2, -0.15) is 0 Å². The molecule has 184 valence electrons. The van der Waals surface area contributed by atoms with Crippen LogP contribution in [0.3, 0.4) is 0 Å². The highest BCUT2D eigenvalue weighted by Crippen LogP contribution is 2.22. The average molecular weight is 471 g/mol. The first-order valence-electron chi connectivity index (χ1n) is 13.2. The van der Waals surface area contributed by atoms with Crippen molar-refractivity contribution in [2.45, 2.75) is 83.8 Å². The molecule has 1 saturated carbocycles. The SMILES string of the molecule is CCC(C(=O)NC1CCCCC1)N(Cc1ccc(C)cc1)C(=O)CCc1cccc2ccccc12. The quantitative estimate of drug-likeness (QED) is 0.397. The van der Waals surface area contributed by atoms with Crippen molar-refractivity contribution in [1.29, 1.82) is 0 Å². The molecular weight excluding hydrogens is 432 g/mol. The first-order chi connectivity index (χ1) is 17.0. The molecule has 0 aliphatic heterocycles. The van der Waals surface area contributed by atoms with Crippen molar-refractivity contribution in [2.24, 2.45) is 0 Å². The van der Waals surface area contributed by atoms with Gasteiger partial charge in [0, 0.05) is 19.0 Å². The lowest BCUT2D eigenvalue weighted by Gasteiger charge is -2.33. The van der Waals surface area contributed by atoms with Gasteiger partial charge >= 0.3 is 0 Å². The molecule has 1 unspecified atom stereocenters. The van der Waals surface area contributed by atoms with Crippen LogP contribution >= 0.6 is 0 Å². The number of hydrogen-bond acceptors (Lipinski definition) is 2. The summed E-state index contributed by atoms with van der Waals surface area (Å²) in [6, 6.07) is 22.6. The Kier molecular flexibility index (Phi) is 8.57. The van der Waals surface area contributed by atoms with E-state index in [2.05, 4.69) is 66.8 Å². The Balaban J connectivity index is 1.52. The molecule has 1 fully saturated rings. The Hall–Kier alpha value is -3.14. The summed E-state index contributed by atoms with van der Waals surface area (Å²) in [5, 5.41) is 5.64. The van der Waals surface area contributed by atoms with Gasteiger partial charge in [0.1, 0.15) is 6.04 Å². The number of carbonyl (C=O) groups is 2. The normalized spacial score (nSPS) is 15.0. The van der Waals surface area contributed by atoms with Crippen LogP contribution in [-0.2, 0) is 22.6 Å². The van der Waals surface area contributed by atoms with Gasteiger partial charge in [0.15, 0.2) is 0 Å². The number of nitrogens with one attached hydrogen (secondary N) is 1. The Morgan fingerprint density at radius 1 is 0.943 bits per heavy atom. The summed E-state index contributed by atoms with van der Waals surface area (Å²) in [5.41, 5.74) is 3.41. The van der Waals surface area contributed by atoms with Crippen LogP contribution in [-0.4, -0.2) is 28.8 Å². The zero-order valence-corrected chi connectivity index (χ0v) is 21.1. The summed E-state index contributed by atoms with van der Waals surface area (Å²) in [4.78, 5) is 28.9. The molecule has 4 rings (SSSR count). The zero-order valence-electron chi connectivity index (χ0n) is 21.1. The molecule has 4 heteroatoms. The van der Waals surface area contributed by atoms with Crippen LogP contribution in [0.25, 0.3) is 10.8 Å². The predicted molar refractivity (Wildman–Crippen MR) is 143 cm³/mol. The minimum Gasteiger partial charge on any atom is -0.352 e. The number of rotatable bonds is 9. The number of nitrogens with zero attached hydrogens (tertiary/aromatic N) is 1. The van der Waals surface area contributed by atoms with E-state index in [0.717, 1.165) is 18.4 Å². The number of fused-ring (bicyclic) bond motifs is 1. The Morgan fingerprint density at radius 2 is 1.66 bits per heavy atom. The van der Waals surface area contributed by atoms with Crippen molar-refractivity contribution < 1.29 is 9.59 Å². The van der Waals surface area contributed by atoms with Crippen LogP contribution in [0.1, 0.15) is 68.6 Å². The van der Waals surface area contributed by atoms with Gasteiger partial charge < -0.3 is 10.2 Å². The van der Waals surface area contributed by atoms with Gasteiger partial charge in [-0.1, -0.05) is 98.5 Å². The van der Waals surface area contributed by atoms with Crippen LogP contribution in [0.4, 0.5) is 0 Å². The predicted octanol–water partition coefficient (Wildman–Crippen LogP) is 6.34. The Labute approximate surface area is 209 Å². The van der Waals surface area contributed by atoms with Crippen molar-refractivity contribution in [3.63, 3.8) is 0 Å². The molecule has 4 nitrogen and oxygen atoms in total. The first-order valence-corrected chi connectivity index (χ1v) is 13.2. The number of benzene rings is 3. The number of aryl methyl sites for hydroxylation is 2. The molecule has 1 aliphatic carbocycles. The lowest BCUT2D eigenvalue weighted by molar-refractivity contribution is -0.141. The van der Waals surface area contributed by atoms with Crippen molar-refractivity contribution in [3.05, 3.63) is 83.4 Å². The summed E-state index contributed by atoms with van der Waals surface area (Å²) < 4.78 is 0. The lowest BCUT2D eigenvalue weighted by Crippen LogP contribution is -2.51. The van der Waals surface area contributed by atoms with Gasteiger partial charge in [-0.15, -0.1) is 0 Å². The average Bonchev–Trinajstić information content (AvgIpc) is 2.89. The summed E-state index contributed by atoms with van der Waals surface area (Å²) in [6.45, 7) is 4.51. The highest BCUT2D eigenvalue weighted by atomic mass is 16.2. The summed E-state index contributed by atoms with van der Waals surface area (Å²) in [5.74, 6) is 0.0224. The van der Waals surface area contributed by atoms with E-state index in [0.29, 0.717) is 25.8 Å². The Morgan fingerprint density at radius 3 is 2.40 bits per heavy atom. The third kappa shape index (κ3) is 6.50. The molecule has 0 saturated heterocycles. The maximum atomic E-state index is 13.7. The summed E-state index contributed by atoms with van der Waals surface area (Å²) in [6.07, 6.45) is 7.29. The van der Waals surface area contributed by atoms with Gasteiger partial charge in [0.2, 0.25) is 11.8 Å². The second kappa shape index (κ2) is 12.0. The van der Waals surface area contributed by atoms with Crippen molar-refractivity contribution >= 4 is 22.6 Å². The second-order valence-corrected chi connectivity index (χ2v) is 9.91. The van der Waals surface area contributed by atoms with E-state index in [-0.39, 0.29) is 17.9 Å². The van der Waals surface area contributed by atoms with E-state index < -0.39 is 6.04 Å². The highest BCUT2D eigenvalue weighted by molar-refractivity contribution is 5.89. The topological polar surface area (TPSA) is 49.4 Å². The largest absolute Gasteiger partial charge is 0.352 e. The molecule has 35 heavy (non-hydrogen) atoms. The van der Waals surface area contributed by atoms with Gasteiger partial charge in [-0.25, -0.2) is 0 Å². The van der Waals surface area contributed by atoms with Gasteiger partial charge in [0.25, 0.3) is 0 Å². The lowest BCUT2D eigenvalue weighted by atomic mass is 9.95. The van der Waals surface area contributed by atoms with E-state index in [1.165, 1.54) is 41.2 Å². The van der Waals surface area contributed by atoms with E-state index in [1.807, 2.05) is 24.0 Å². The standard InChI is InChI=1S/C31H38N2O2/c1-3-29(31(35)32-27-13-5-4-6-14-27)33(22-24-18-16-23(2)17-19-24)30(34)21-20-26-12-9-11-25-10-7-8-15-28(25)26/h7-12,15-19,27,29H,3-6,13-14,20-22H2,1-2H3,(H,32,35). The van der Waals surface area contributed by atoms with E-state index in [4.69, 9.17) is 0 Å². The minimum absolute atomic E-state index is 0.00924. The van der Waals surface area contributed by atoms with Crippen LogP contribution in [0.15, 0.2) is 66.7 Å². The third-order valence-electron chi connectivity index (χ3n) is 7.30. The number of carbonyl (C=O) groups excluding carboxylic acids is 2. The molecule has 3 aromatic rings. The fourth-order valence-electron chi connectivity index (χ4n) is 5.25. The molecule has 1 atom stereocenters. The third-order valence-corrected chi connectivity index (χ3v) is 7.30. The molecule has 3 aromatic carbocycles. The molecule has 1 N–H and O–H groups in total. The first kappa shape index (κ1) is 25.0. The molecule has 1 aliphatic rings. The van der Waals surface area contributed by atoms with Crippen LogP contribution in [0.5, 0.6) is 0 Å². The zero-order chi connectivity index (χ0) is 24.6. The van der Waals surface area contributed by atoms with E-state index in [1.54, 1.807) is 0 Å². The highest BCUT2D eigenvalue weighted by Gasteiger charge is 2.30. The minimum atomic E-state index is -0.460. The monoisotopic (exact) mass is 470 g/mol. The maximum Gasteiger partial charge on any atom is 0.243 e. The molecule has 0 heterocycles. The molecule has 0 spiro atoms. The van der Waals surface area contributed by atoms with Crippen molar-refractivity contribution in [3.8, 4) is 0 Å². The molecule has 2 amide bonds. The fourth-order valence-corrected chi connectivity index (χ4v) is 5.25. The maximum absolute atomic E-state index is 13.7. The van der Waals surface area contributed by atoms with Crippen molar-refractivity contribution in [1.82, 2.24) is 10.2 Å². The Bertz CT molecular complexity index is 1130. The van der Waals surface area contributed by atoms with E-state index in [9.17, 15) is 9.59 Å². The molecular formula is C31H38N2O2. The number of amides is 2. The van der Waals surface area contributed by atoms with Gasteiger partial charge in [0.05, 0.1) is 0 Å². The fraction of sp³-hybridized carbons (Fsp3) is 0.419. The van der Waals surface area contributed by atoms with Crippen LogP contribution in [0, 0.1) is 6.92 Å². The second-order valence-electron chi connectivity index (χ2n) is 9.91.